The first-order chi connectivity index (χ1) is 5.68. The first kappa shape index (κ1) is 12.4. The van der Waals surface area contributed by atoms with Gasteiger partial charge in [-0.3, -0.25) is 0 Å². The molecule has 0 amide bonds. The molecule has 5 heteroatoms. The monoisotopic (exact) mass is 210 g/mol. The quantitative estimate of drug-likeness (QED) is 0.393. The second kappa shape index (κ2) is 6.91. The predicted octanol–water partition coefficient (Wildman–Crippen LogP) is 1.57. The molecule has 0 radical (unpaired) electrons. The Morgan fingerprint density at radius 1 is 1.25 bits per heavy atom. The largest absolute Gasteiger partial charge is 0.402 e. The summed E-state index contributed by atoms with van der Waals surface area (Å²) in [6.07, 6.45) is 0.950. The van der Waals surface area contributed by atoms with E-state index in [0.29, 0.717) is 0 Å². The van der Waals surface area contributed by atoms with E-state index in [1.807, 2.05) is 6.92 Å². The van der Waals surface area contributed by atoms with Gasteiger partial charge in [-0.2, -0.15) is 0 Å². The third kappa shape index (κ3) is 5.16. The first-order valence-corrected chi connectivity index (χ1v) is 7.40. The molecule has 0 saturated heterocycles. The van der Waals surface area contributed by atoms with Gasteiger partial charge in [-0.15, -0.1) is 12.1 Å². The minimum atomic E-state index is -2.13. The Morgan fingerprint density at radius 2 is 1.83 bits per heavy atom. The maximum absolute atomic E-state index is 5.20. The molecule has 0 spiro atoms. The van der Waals surface area contributed by atoms with Gasteiger partial charge in [0.25, 0.3) is 0 Å². The van der Waals surface area contributed by atoms with E-state index < -0.39 is 7.71 Å². The van der Waals surface area contributed by atoms with Crippen molar-refractivity contribution in [3.05, 3.63) is 0 Å². The van der Waals surface area contributed by atoms with Crippen LogP contribution in [0.2, 0.25) is 6.04 Å². The van der Waals surface area contributed by atoms with Crippen LogP contribution >= 0.6 is 12.1 Å². The summed E-state index contributed by atoms with van der Waals surface area (Å²) in [6.45, 7) is 3.51. The summed E-state index contributed by atoms with van der Waals surface area (Å²) in [7, 11) is 1.15. The van der Waals surface area contributed by atoms with Crippen LogP contribution in [0.3, 0.4) is 0 Å². The van der Waals surface area contributed by atoms with Crippen LogP contribution < -0.4 is 0 Å². The van der Waals surface area contributed by atoms with E-state index >= 15 is 0 Å². The molecule has 0 aliphatic heterocycles. The second-order valence-electron chi connectivity index (χ2n) is 2.42. The third-order valence-electron chi connectivity index (χ3n) is 1.62. The Hall–Kier alpha value is 0.447. The summed E-state index contributed by atoms with van der Waals surface area (Å²) in [5.74, 6) is 0. The molecule has 3 nitrogen and oxygen atoms in total. The van der Waals surface area contributed by atoms with Crippen molar-refractivity contribution in [2.75, 3.05) is 27.4 Å². The van der Waals surface area contributed by atoms with Crippen molar-refractivity contribution in [3.8, 4) is 0 Å². The molecule has 12 heavy (non-hydrogen) atoms. The first-order valence-electron chi connectivity index (χ1n) is 4.09. The molecule has 0 rings (SSSR count). The summed E-state index contributed by atoms with van der Waals surface area (Å²) in [4.78, 5) is 0. The molecule has 0 fully saturated rings. The highest BCUT2D eigenvalue weighted by Crippen LogP contribution is 2.17. The molecular formula is C7H18O3SSi. The fourth-order valence-electron chi connectivity index (χ4n) is 0.829. The molecule has 0 unspecified atom stereocenters. The van der Waals surface area contributed by atoms with Crippen LogP contribution in [0, 0.1) is 0 Å². The van der Waals surface area contributed by atoms with Gasteiger partial charge in [0.2, 0.25) is 0 Å². The van der Waals surface area contributed by atoms with E-state index in [0.717, 1.165) is 25.7 Å². The van der Waals surface area contributed by atoms with Gasteiger partial charge in [-0.25, -0.2) is 0 Å². The van der Waals surface area contributed by atoms with Crippen LogP contribution in [0.4, 0.5) is 0 Å². The van der Waals surface area contributed by atoms with Gasteiger partial charge in [0.1, 0.15) is 0 Å². The lowest BCUT2D eigenvalue weighted by Crippen LogP contribution is -2.33. The average Bonchev–Trinajstić information content (AvgIpc) is 2.12. The molecule has 0 aliphatic carbocycles. The lowest BCUT2D eigenvalue weighted by Gasteiger charge is -2.20. The standard InChI is InChI=1S/C7H18O3SSi/c1-4-10-6-5-7-12(11,8-2)9-3/h11H,4-7H2,1-3H3. The summed E-state index contributed by atoms with van der Waals surface area (Å²) < 4.78 is 15.6. The zero-order chi connectivity index (χ0) is 9.45. The lowest BCUT2D eigenvalue weighted by atomic mass is 10.5. The predicted molar refractivity (Wildman–Crippen MR) is 54.7 cm³/mol. The van der Waals surface area contributed by atoms with E-state index in [1.54, 1.807) is 14.2 Å². The van der Waals surface area contributed by atoms with Crippen LogP contribution in [0.15, 0.2) is 0 Å². The van der Waals surface area contributed by atoms with Crippen molar-refractivity contribution >= 4 is 19.8 Å². The van der Waals surface area contributed by atoms with Gasteiger partial charge in [-0.1, -0.05) is 0 Å². The van der Waals surface area contributed by atoms with Crippen molar-refractivity contribution in [1.29, 1.82) is 0 Å². The molecule has 0 bridgehead atoms. The van der Waals surface area contributed by atoms with E-state index in [-0.39, 0.29) is 0 Å². The van der Waals surface area contributed by atoms with Crippen LogP contribution in [0.1, 0.15) is 13.3 Å². The number of hydrogen-bond donors (Lipinski definition) is 1. The normalized spacial score (nSPS) is 12.0. The van der Waals surface area contributed by atoms with E-state index in [1.165, 1.54) is 0 Å². The number of hydrogen-bond acceptors (Lipinski definition) is 4. The Balaban J connectivity index is 3.45. The number of ether oxygens (including phenoxy) is 1. The van der Waals surface area contributed by atoms with Crippen molar-refractivity contribution in [2.45, 2.75) is 19.4 Å². The van der Waals surface area contributed by atoms with Crippen molar-refractivity contribution in [2.24, 2.45) is 0 Å². The Kier molecular flexibility index (Phi) is 7.17. The molecule has 0 heterocycles. The highest BCUT2D eigenvalue weighted by atomic mass is 32.3. The molecule has 0 N–H and O–H groups in total. The number of thiol groups is 1. The zero-order valence-electron chi connectivity index (χ0n) is 8.00. The highest BCUT2D eigenvalue weighted by Gasteiger charge is 2.29. The zero-order valence-corrected chi connectivity index (χ0v) is 9.89. The van der Waals surface area contributed by atoms with Gasteiger partial charge in [-0.05, 0) is 13.3 Å². The minimum Gasteiger partial charge on any atom is -0.390 e. The Bertz CT molecular complexity index is 109. The van der Waals surface area contributed by atoms with Gasteiger partial charge in [0.15, 0.2) is 0 Å². The molecular weight excluding hydrogens is 192 g/mol. The average molecular weight is 210 g/mol. The molecule has 0 aromatic rings. The molecule has 0 aromatic heterocycles. The maximum atomic E-state index is 5.20. The van der Waals surface area contributed by atoms with Crippen molar-refractivity contribution in [1.82, 2.24) is 0 Å². The molecule has 0 aromatic carbocycles. The summed E-state index contributed by atoms with van der Waals surface area (Å²) >= 11 is 4.36. The van der Waals surface area contributed by atoms with Crippen LogP contribution in [0.25, 0.3) is 0 Å². The van der Waals surface area contributed by atoms with E-state index in [4.69, 9.17) is 13.6 Å². The van der Waals surface area contributed by atoms with Gasteiger partial charge in [0.05, 0.1) is 0 Å². The van der Waals surface area contributed by atoms with Crippen LogP contribution in [0.5, 0.6) is 0 Å². The van der Waals surface area contributed by atoms with Gasteiger partial charge >= 0.3 is 7.71 Å². The third-order valence-corrected chi connectivity index (χ3v) is 5.65. The van der Waals surface area contributed by atoms with Gasteiger partial charge < -0.3 is 13.6 Å². The van der Waals surface area contributed by atoms with E-state index in [2.05, 4.69) is 12.1 Å². The number of rotatable bonds is 7. The van der Waals surface area contributed by atoms with E-state index in [9.17, 15) is 0 Å². The maximum Gasteiger partial charge on any atom is 0.402 e. The fraction of sp³-hybridized carbons (Fsp3) is 1.00. The van der Waals surface area contributed by atoms with Crippen LogP contribution in [-0.2, 0) is 13.6 Å². The smallest absolute Gasteiger partial charge is 0.390 e. The Morgan fingerprint density at radius 3 is 2.25 bits per heavy atom. The summed E-state index contributed by atoms with van der Waals surface area (Å²) in [5.41, 5.74) is 0. The summed E-state index contributed by atoms with van der Waals surface area (Å²) in [5, 5.41) is 0. The van der Waals surface area contributed by atoms with Crippen LogP contribution in [-0.4, -0.2) is 35.1 Å². The lowest BCUT2D eigenvalue weighted by molar-refractivity contribution is 0.145. The molecule has 0 saturated carbocycles. The Labute approximate surface area is 80.7 Å². The molecule has 0 atom stereocenters. The SMILES string of the molecule is CCOCCC[Si](S)(OC)OC. The minimum absolute atomic E-state index is 0.762. The summed E-state index contributed by atoms with van der Waals surface area (Å²) in [6, 6.07) is 0.864. The van der Waals surface area contributed by atoms with Crippen molar-refractivity contribution in [3.63, 3.8) is 0 Å². The van der Waals surface area contributed by atoms with Gasteiger partial charge in [0, 0.05) is 33.5 Å². The molecule has 74 valence electrons. The second-order valence-corrected chi connectivity index (χ2v) is 7.21. The highest BCUT2D eigenvalue weighted by molar-refractivity contribution is 8.12. The van der Waals surface area contributed by atoms with Crippen molar-refractivity contribution < 1.29 is 13.6 Å². The fourth-order valence-corrected chi connectivity index (χ4v) is 2.47. The molecule has 0 aliphatic rings. The topological polar surface area (TPSA) is 27.7 Å².